The van der Waals surface area contributed by atoms with Crippen LogP contribution in [0.25, 0.3) is 0 Å². The summed E-state index contributed by atoms with van der Waals surface area (Å²) in [4.78, 5) is 37.6. The average molecular weight is 355 g/mol. The Hall–Kier alpha value is -3.35. The summed E-state index contributed by atoms with van der Waals surface area (Å²) in [7, 11) is 3.77. The molecule has 0 aliphatic heterocycles. The van der Waals surface area contributed by atoms with Crippen molar-refractivity contribution < 1.29 is 19.1 Å². The van der Waals surface area contributed by atoms with E-state index in [-0.39, 0.29) is 6.61 Å². The Labute approximate surface area is 152 Å². The first kappa shape index (κ1) is 19.0. The molecule has 0 saturated heterocycles. The van der Waals surface area contributed by atoms with Crippen LogP contribution in [0.4, 0.5) is 17.1 Å². The molecular formula is C19H21N3O4. The molecule has 0 aliphatic carbocycles. The number of anilines is 3. The van der Waals surface area contributed by atoms with Crippen LogP contribution in [0.15, 0.2) is 48.5 Å². The van der Waals surface area contributed by atoms with Crippen molar-refractivity contribution >= 4 is 34.8 Å². The van der Waals surface area contributed by atoms with Gasteiger partial charge < -0.3 is 20.3 Å². The maximum Gasteiger partial charge on any atom is 0.338 e. The van der Waals surface area contributed by atoms with Crippen LogP contribution < -0.4 is 15.5 Å². The van der Waals surface area contributed by atoms with Crippen molar-refractivity contribution in [3.63, 3.8) is 0 Å². The zero-order chi connectivity index (χ0) is 19.1. The van der Waals surface area contributed by atoms with Crippen molar-refractivity contribution in [3.05, 3.63) is 54.1 Å². The molecule has 2 aromatic rings. The third-order valence-corrected chi connectivity index (χ3v) is 3.48. The van der Waals surface area contributed by atoms with Gasteiger partial charge in [0, 0.05) is 31.2 Å². The maximum absolute atomic E-state index is 12.0. The summed E-state index contributed by atoms with van der Waals surface area (Å²) in [5, 5.41) is 5.04. The van der Waals surface area contributed by atoms with Crippen LogP contribution >= 0.6 is 0 Å². The van der Waals surface area contributed by atoms with E-state index in [0.29, 0.717) is 16.9 Å². The largest absolute Gasteiger partial charge is 0.462 e. The van der Waals surface area contributed by atoms with Crippen molar-refractivity contribution in [3.8, 4) is 0 Å². The number of benzene rings is 2. The second-order valence-corrected chi connectivity index (χ2v) is 5.65. The highest BCUT2D eigenvalue weighted by atomic mass is 16.5. The van der Waals surface area contributed by atoms with E-state index in [4.69, 9.17) is 4.74 Å². The molecule has 2 amide bonds. The minimum absolute atomic E-state index is 0.284. The predicted octanol–water partition coefficient (Wildman–Crippen LogP) is 2.51. The summed E-state index contributed by atoms with van der Waals surface area (Å²) in [6.45, 7) is 2.01. The molecule has 0 atom stereocenters. The minimum Gasteiger partial charge on any atom is -0.462 e. The van der Waals surface area contributed by atoms with E-state index in [2.05, 4.69) is 10.6 Å². The van der Waals surface area contributed by atoms with Gasteiger partial charge in [0.25, 0.3) is 0 Å². The van der Waals surface area contributed by atoms with Gasteiger partial charge >= 0.3 is 17.8 Å². The Morgan fingerprint density at radius 3 is 2.12 bits per heavy atom. The van der Waals surface area contributed by atoms with E-state index in [1.807, 2.05) is 25.1 Å². The van der Waals surface area contributed by atoms with Crippen LogP contribution in [-0.4, -0.2) is 38.5 Å². The molecule has 0 spiro atoms. The molecule has 7 heteroatoms. The molecule has 7 nitrogen and oxygen atoms in total. The monoisotopic (exact) mass is 355 g/mol. The van der Waals surface area contributed by atoms with E-state index >= 15 is 0 Å². The number of hydrogen-bond donors (Lipinski definition) is 2. The Kier molecular flexibility index (Phi) is 6.32. The zero-order valence-corrected chi connectivity index (χ0v) is 14.9. The maximum atomic E-state index is 12.0. The zero-order valence-electron chi connectivity index (χ0n) is 14.9. The van der Waals surface area contributed by atoms with Crippen LogP contribution in [-0.2, 0) is 14.3 Å². The number of carbonyl (C=O) groups is 3. The number of ether oxygens (including phenoxy) is 1. The quantitative estimate of drug-likeness (QED) is 0.636. The molecule has 26 heavy (non-hydrogen) atoms. The molecule has 0 saturated carbocycles. The number of rotatable bonds is 5. The van der Waals surface area contributed by atoms with Gasteiger partial charge in [-0.25, -0.2) is 4.79 Å². The van der Waals surface area contributed by atoms with E-state index in [1.54, 1.807) is 25.1 Å². The summed E-state index contributed by atoms with van der Waals surface area (Å²) in [6.07, 6.45) is 0. The van der Waals surface area contributed by atoms with Gasteiger partial charge in [0.15, 0.2) is 0 Å². The molecule has 0 aliphatic rings. The van der Waals surface area contributed by atoms with Crippen LogP contribution in [0.2, 0.25) is 0 Å². The Morgan fingerprint density at radius 1 is 0.923 bits per heavy atom. The predicted molar refractivity (Wildman–Crippen MR) is 100 cm³/mol. The molecule has 0 radical (unpaired) electrons. The van der Waals surface area contributed by atoms with E-state index in [9.17, 15) is 14.4 Å². The lowest BCUT2D eigenvalue weighted by molar-refractivity contribution is -0.132. The van der Waals surface area contributed by atoms with Crippen molar-refractivity contribution in [1.82, 2.24) is 0 Å². The lowest BCUT2D eigenvalue weighted by Gasteiger charge is -2.14. The van der Waals surface area contributed by atoms with E-state index in [1.165, 1.54) is 24.3 Å². The Bertz CT molecular complexity index is 801. The summed E-state index contributed by atoms with van der Waals surface area (Å²) in [5.41, 5.74) is 2.20. The van der Waals surface area contributed by atoms with Gasteiger partial charge in [0.1, 0.15) is 0 Å². The van der Waals surface area contributed by atoms with Crippen molar-refractivity contribution in [2.45, 2.75) is 6.92 Å². The SMILES string of the molecule is CCOC(=O)c1ccc(NC(=O)C(=O)Nc2cccc(N(C)C)c2)cc1. The van der Waals surface area contributed by atoms with Gasteiger partial charge in [0.2, 0.25) is 0 Å². The Balaban J connectivity index is 1.97. The summed E-state index contributed by atoms with van der Waals surface area (Å²) in [5.74, 6) is -2.02. The lowest BCUT2D eigenvalue weighted by atomic mass is 10.2. The third kappa shape index (κ3) is 5.07. The van der Waals surface area contributed by atoms with Crippen LogP contribution in [0.3, 0.4) is 0 Å². The first-order valence-corrected chi connectivity index (χ1v) is 8.07. The molecule has 2 rings (SSSR count). The van der Waals surface area contributed by atoms with Gasteiger partial charge in [-0.05, 0) is 49.4 Å². The number of nitrogens with one attached hydrogen (secondary N) is 2. The van der Waals surface area contributed by atoms with Crippen LogP contribution in [0, 0.1) is 0 Å². The number of amides is 2. The summed E-state index contributed by atoms with van der Waals surface area (Å²) < 4.78 is 4.89. The molecule has 0 heterocycles. The first-order chi connectivity index (χ1) is 12.4. The molecule has 2 aromatic carbocycles. The van der Waals surface area contributed by atoms with Crippen molar-refractivity contribution in [1.29, 1.82) is 0 Å². The molecule has 0 unspecified atom stereocenters. The smallest absolute Gasteiger partial charge is 0.338 e. The average Bonchev–Trinajstić information content (AvgIpc) is 2.62. The van der Waals surface area contributed by atoms with Crippen LogP contribution in [0.1, 0.15) is 17.3 Å². The Morgan fingerprint density at radius 2 is 1.54 bits per heavy atom. The number of esters is 1. The topological polar surface area (TPSA) is 87.7 Å². The van der Waals surface area contributed by atoms with Gasteiger partial charge in [-0.2, -0.15) is 0 Å². The normalized spacial score (nSPS) is 9.96. The molecule has 0 fully saturated rings. The second kappa shape index (κ2) is 8.66. The summed E-state index contributed by atoms with van der Waals surface area (Å²) in [6, 6.07) is 13.2. The van der Waals surface area contributed by atoms with Crippen molar-refractivity contribution in [2.24, 2.45) is 0 Å². The fourth-order valence-electron chi connectivity index (χ4n) is 2.14. The van der Waals surface area contributed by atoms with E-state index < -0.39 is 17.8 Å². The fraction of sp³-hybridized carbons (Fsp3) is 0.211. The van der Waals surface area contributed by atoms with E-state index in [0.717, 1.165) is 5.69 Å². The highest BCUT2D eigenvalue weighted by molar-refractivity contribution is 6.43. The fourth-order valence-corrected chi connectivity index (χ4v) is 2.14. The second-order valence-electron chi connectivity index (χ2n) is 5.65. The van der Waals surface area contributed by atoms with Gasteiger partial charge in [0.05, 0.1) is 12.2 Å². The standard InChI is InChI=1S/C19H21N3O4/c1-4-26-19(25)13-8-10-14(11-9-13)20-17(23)18(24)21-15-6-5-7-16(12-15)22(2)3/h5-12H,4H2,1-3H3,(H,20,23)(H,21,24). The molecule has 2 N–H and O–H groups in total. The highest BCUT2D eigenvalue weighted by Gasteiger charge is 2.15. The molecule has 0 bridgehead atoms. The van der Waals surface area contributed by atoms with Gasteiger partial charge in [-0.15, -0.1) is 0 Å². The molecular weight excluding hydrogens is 334 g/mol. The first-order valence-electron chi connectivity index (χ1n) is 8.07. The van der Waals surface area contributed by atoms with Gasteiger partial charge in [-0.1, -0.05) is 6.07 Å². The number of nitrogens with zero attached hydrogens (tertiary/aromatic N) is 1. The molecule has 136 valence electrons. The summed E-state index contributed by atoms with van der Waals surface area (Å²) >= 11 is 0. The van der Waals surface area contributed by atoms with Crippen LogP contribution in [0.5, 0.6) is 0 Å². The number of carbonyl (C=O) groups excluding carboxylic acids is 3. The highest BCUT2D eigenvalue weighted by Crippen LogP contribution is 2.17. The molecule has 0 aromatic heterocycles. The van der Waals surface area contributed by atoms with Crippen molar-refractivity contribution in [2.75, 3.05) is 36.2 Å². The minimum atomic E-state index is -0.802. The lowest BCUT2D eigenvalue weighted by Crippen LogP contribution is -2.29. The third-order valence-electron chi connectivity index (χ3n) is 3.48. The van der Waals surface area contributed by atoms with Gasteiger partial charge in [-0.3, -0.25) is 9.59 Å². The number of hydrogen-bond acceptors (Lipinski definition) is 5.